The van der Waals surface area contributed by atoms with Crippen molar-refractivity contribution < 1.29 is 8.78 Å². The predicted octanol–water partition coefficient (Wildman–Crippen LogP) is 3.87. The van der Waals surface area contributed by atoms with Gasteiger partial charge in [0.25, 0.3) is 0 Å². The topological polar surface area (TPSA) is 35.8 Å². The molecule has 2 unspecified atom stereocenters. The summed E-state index contributed by atoms with van der Waals surface area (Å²) in [6.45, 7) is 3.80. The fraction of sp³-hybridized carbons (Fsp3) is 0.533. The normalized spacial score (nSPS) is 19.1. The molecule has 1 fully saturated rings. The lowest BCUT2D eigenvalue weighted by molar-refractivity contribution is 0.414. The first kappa shape index (κ1) is 15.3. The smallest absolute Gasteiger partial charge is 0.136 e. The maximum Gasteiger partial charge on any atom is 0.136 e. The predicted molar refractivity (Wildman–Crippen MR) is 76.5 cm³/mol. The molecule has 5 heteroatoms. The third kappa shape index (κ3) is 4.19. The molecular weight excluding hydrogens is 278 g/mol. The van der Waals surface area contributed by atoms with Crippen LogP contribution >= 0.6 is 11.8 Å². The fourth-order valence-corrected chi connectivity index (χ4v) is 3.43. The van der Waals surface area contributed by atoms with Gasteiger partial charge in [0.05, 0.1) is 6.07 Å². The summed E-state index contributed by atoms with van der Waals surface area (Å²) in [5.41, 5.74) is -0.614. The van der Waals surface area contributed by atoms with Gasteiger partial charge in [-0.15, -0.1) is 11.8 Å². The SMILES string of the molecule is CC(CC(C)(C#N)NC1CC1)Sc1cc(F)ccc1F. The highest BCUT2D eigenvalue weighted by Gasteiger charge is 2.33. The van der Waals surface area contributed by atoms with Gasteiger partial charge in [-0.2, -0.15) is 5.26 Å². The van der Waals surface area contributed by atoms with Gasteiger partial charge in [-0.3, -0.25) is 5.32 Å². The van der Waals surface area contributed by atoms with Crippen LogP contribution in [0.15, 0.2) is 23.1 Å². The Morgan fingerprint density at radius 2 is 2.20 bits per heavy atom. The highest BCUT2D eigenvalue weighted by Crippen LogP contribution is 2.32. The van der Waals surface area contributed by atoms with Crippen LogP contribution in [0, 0.1) is 23.0 Å². The molecule has 0 aliphatic heterocycles. The van der Waals surface area contributed by atoms with E-state index in [2.05, 4.69) is 11.4 Å². The summed E-state index contributed by atoms with van der Waals surface area (Å²) in [6, 6.07) is 6.18. The standard InChI is InChI=1S/C15H18F2N2S/c1-10(8-15(2,9-18)19-12-4-5-12)20-14-7-11(16)3-6-13(14)17/h3,6-7,10,12,19H,4-5,8H2,1-2H3. The number of nitrogens with zero attached hydrogens (tertiary/aromatic N) is 1. The van der Waals surface area contributed by atoms with Crippen LogP contribution in [-0.2, 0) is 0 Å². The molecule has 0 bridgehead atoms. The molecule has 0 spiro atoms. The van der Waals surface area contributed by atoms with Gasteiger partial charge >= 0.3 is 0 Å². The zero-order valence-corrected chi connectivity index (χ0v) is 12.4. The number of benzene rings is 1. The van der Waals surface area contributed by atoms with Crippen LogP contribution in [0.5, 0.6) is 0 Å². The van der Waals surface area contributed by atoms with Crippen LogP contribution in [0.4, 0.5) is 8.78 Å². The van der Waals surface area contributed by atoms with Crippen molar-refractivity contribution in [2.75, 3.05) is 0 Å². The largest absolute Gasteiger partial charge is 0.297 e. The van der Waals surface area contributed by atoms with Crippen LogP contribution in [-0.4, -0.2) is 16.8 Å². The van der Waals surface area contributed by atoms with E-state index in [9.17, 15) is 14.0 Å². The van der Waals surface area contributed by atoms with E-state index in [0.717, 1.165) is 25.0 Å². The highest BCUT2D eigenvalue weighted by atomic mass is 32.2. The number of rotatable bonds is 6. The molecule has 2 atom stereocenters. The number of hydrogen-bond donors (Lipinski definition) is 1. The second kappa shape index (κ2) is 6.11. The number of hydrogen-bond acceptors (Lipinski definition) is 3. The van der Waals surface area contributed by atoms with Crippen molar-refractivity contribution in [3.63, 3.8) is 0 Å². The molecule has 0 radical (unpaired) electrons. The summed E-state index contributed by atoms with van der Waals surface area (Å²) in [6.07, 6.45) is 2.80. The zero-order chi connectivity index (χ0) is 14.8. The van der Waals surface area contributed by atoms with E-state index in [-0.39, 0.29) is 5.25 Å². The van der Waals surface area contributed by atoms with Gasteiger partial charge in [0.2, 0.25) is 0 Å². The summed E-state index contributed by atoms with van der Waals surface area (Å²) in [5, 5.41) is 12.7. The van der Waals surface area contributed by atoms with Crippen molar-refractivity contribution >= 4 is 11.8 Å². The summed E-state index contributed by atoms with van der Waals surface area (Å²) in [4.78, 5) is 0.296. The molecule has 0 aromatic heterocycles. The highest BCUT2D eigenvalue weighted by molar-refractivity contribution is 8.00. The molecule has 2 rings (SSSR count). The van der Waals surface area contributed by atoms with Gasteiger partial charge in [0.1, 0.15) is 17.2 Å². The average molecular weight is 296 g/mol. The second-order valence-corrected chi connectivity index (χ2v) is 7.05. The second-order valence-electron chi connectivity index (χ2n) is 5.57. The van der Waals surface area contributed by atoms with Gasteiger partial charge in [-0.1, -0.05) is 6.92 Å². The molecule has 108 valence electrons. The Kier molecular flexibility index (Phi) is 4.66. The summed E-state index contributed by atoms with van der Waals surface area (Å²) in [5.74, 6) is -0.864. The van der Waals surface area contributed by atoms with E-state index in [1.807, 2.05) is 13.8 Å². The van der Waals surface area contributed by atoms with E-state index < -0.39 is 17.2 Å². The van der Waals surface area contributed by atoms with E-state index in [1.54, 1.807) is 0 Å². The summed E-state index contributed by atoms with van der Waals surface area (Å²) < 4.78 is 26.7. The molecule has 1 aromatic rings. The van der Waals surface area contributed by atoms with Gasteiger partial charge in [-0.25, -0.2) is 8.78 Å². The van der Waals surface area contributed by atoms with Crippen molar-refractivity contribution in [1.29, 1.82) is 5.26 Å². The molecular formula is C15H18F2N2S. The Balaban J connectivity index is 1.98. The van der Waals surface area contributed by atoms with Crippen molar-refractivity contribution in [2.24, 2.45) is 0 Å². The maximum atomic E-state index is 13.6. The number of nitriles is 1. The lowest BCUT2D eigenvalue weighted by Gasteiger charge is -2.26. The maximum absolute atomic E-state index is 13.6. The first-order valence-corrected chi connectivity index (χ1v) is 7.60. The minimum atomic E-state index is -0.614. The Bertz CT molecular complexity index is 525. The lowest BCUT2D eigenvalue weighted by Crippen LogP contribution is -2.44. The molecule has 1 N–H and O–H groups in total. The third-order valence-corrected chi connectivity index (χ3v) is 4.40. The average Bonchev–Trinajstić information content (AvgIpc) is 3.17. The molecule has 2 nitrogen and oxygen atoms in total. The lowest BCUT2D eigenvalue weighted by atomic mass is 9.98. The first-order chi connectivity index (χ1) is 9.42. The number of thioether (sulfide) groups is 1. The Hall–Kier alpha value is -1.12. The minimum Gasteiger partial charge on any atom is -0.297 e. The minimum absolute atomic E-state index is 0.0159. The van der Waals surface area contributed by atoms with Gasteiger partial charge < -0.3 is 0 Å². The molecule has 20 heavy (non-hydrogen) atoms. The summed E-state index contributed by atoms with van der Waals surface area (Å²) in [7, 11) is 0. The van der Waals surface area contributed by atoms with Crippen molar-refractivity contribution in [2.45, 2.75) is 54.8 Å². The van der Waals surface area contributed by atoms with E-state index in [1.165, 1.54) is 17.8 Å². The molecule has 0 amide bonds. The van der Waals surface area contributed by atoms with Crippen molar-refractivity contribution in [1.82, 2.24) is 5.32 Å². The van der Waals surface area contributed by atoms with Gasteiger partial charge in [0, 0.05) is 16.2 Å². The first-order valence-electron chi connectivity index (χ1n) is 6.72. The van der Waals surface area contributed by atoms with Crippen molar-refractivity contribution in [3.05, 3.63) is 29.8 Å². The summed E-state index contributed by atoms with van der Waals surface area (Å²) >= 11 is 1.27. The van der Waals surface area contributed by atoms with Crippen LogP contribution < -0.4 is 5.32 Å². The Labute approximate surface area is 122 Å². The fourth-order valence-electron chi connectivity index (χ4n) is 2.22. The van der Waals surface area contributed by atoms with Crippen LogP contribution in [0.2, 0.25) is 0 Å². The molecule has 1 aliphatic carbocycles. The quantitative estimate of drug-likeness (QED) is 0.809. The zero-order valence-electron chi connectivity index (χ0n) is 11.6. The number of halogens is 2. The van der Waals surface area contributed by atoms with Crippen molar-refractivity contribution in [3.8, 4) is 6.07 Å². The van der Waals surface area contributed by atoms with Gasteiger partial charge in [-0.05, 0) is 44.4 Å². The monoisotopic (exact) mass is 296 g/mol. The van der Waals surface area contributed by atoms with E-state index in [4.69, 9.17) is 0 Å². The third-order valence-electron chi connectivity index (χ3n) is 3.26. The Morgan fingerprint density at radius 3 is 2.80 bits per heavy atom. The molecule has 1 aliphatic rings. The number of nitrogens with one attached hydrogen (secondary N) is 1. The molecule has 1 saturated carbocycles. The van der Waals surface area contributed by atoms with Crippen LogP contribution in [0.25, 0.3) is 0 Å². The van der Waals surface area contributed by atoms with E-state index in [0.29, 0.717) is 17.4 Å². The van der Waals surface area contributed by atoms with Crippen LogP contribution in [0.1, 0.15) is 33.1 Å². The molecule has 1 aromatic carbocycles. The van der Waals surface area contributed by atoms with Crippen LogP contribution in [0.3, 0.4) is 0 Å². The molecule has 0 heterocycles. The van der Waals surface area contributed by atoms with Gasteiger partial charge in [0.15, 0.2) is 0 Å². The van der Waals surface area contributed by atoms with E-state index >= 15 is 0 Å². The molecule has 0 saturated heterocycles. The Morgan fingerprint density at radius 1 is 1.50 bits per heavy atom.